The molecule has 1 N–H and O–H groups in total. The molecular weight excluding hydrogens is 475 g/mol. The molecule has 0 aromatic carbocycles. The van der Waals surface area contributed by atoms with E-state index in [1.165, 1.54) is 4.88 Å². The zero-order valence-corrected chi connectivity index (χ0v) is 19.3. The summed E-state index contributed by atoms with van der Waals surface area (Å²) in [7, 11) is 3.61. The van der Waals surface area contributed by atoms with Gasteiger partial charge in [-0.1, -0.05) is 19.9 Å². The van der Waals surface area contributed by atoms with Gasteiger partial charge in [0, 0.05) is 50.2 Å². The van der Waals surface area contributed by atoms with Gasteiger partial charge in [0.15, 0.2) is 5.96 Å². The van der Waals surface area contributed by atoms with Gasteiger partial charge in [0.25, 0.3) is 0 Å². The highest BCUT2D eigenvalue weighted by molar-refractivity contribution is 14.0. The smallest absolute Gasteiger partial charge is 0.246 e. The molecule has 27 heavy (non-hydrogen) atoms. The van der Waals surface area contributed by atoms with Crippen molar-refractivity contribution in [1.82, 2.24) is 20.0 Å². The van der Waals surface area contributed by atoms with Gasteiger partial charge >= 0.3 is 0 Å². The highest BCUT2D eigenvalue weighted by atomic mass is 127. The molecule has 2 aromatic rings. The number of amides is 1. The number of piperazine rings is 1. The number of guanidine groups is 1. The lowest BCUT2D eigenvalue weighted by molar-refractivity contribution is -0.120. The molecule has 0 spiro atoms. The molecule has 1 aliphatic rings. The Morgan fingerprint density at radius 2 is 2.19 bits per heavy atom. The third-order valence-corrected chi connectivity index (χ3v) is 5.85. The Balaban J connectivity index is 0.00000261. The molecule has 0 saturated carbocycles. The molecular formula is C18H27IN6OS. The van der Waals surface area contributed by atoms with Crippen molar-refractivity contribution >= 4 is 52.9 Å². The molecule has 0 aliphatic carbocycles. The third kappa shape index (κ3) is 5.01. The van der Waals surface area contributed by atoms with Crippen LogP contribution < -0.4 is 10.2 Å². The van der Waals surface area contributed by atoms with Gasteiger partial charge in [0.2, 0.25) is 5.91 Å². The lowest BCUT2D eigenvalue weighted by Gasteiger charge is -2.36. The van der Waals surface area contributed by atoms with E-state index in [-0.39, 0.29) is 35.3 Å². The van der Waals surface area contributed by atoms with Crippen LogP contribution in [0.3, 0.4) is 0 Å². The average molecular weight is 502 g/mol. The quantitative estimate of drug-likeness (QED) is 0.396. The summed E-state index contributed by atoms with van der Waals surface area (Å²) in [6.07, 6.45) is 3.59. The molecule has 148 valence electrons. The van der Waals surface area contributed by atoms with Crippen molar-refractivity contribution in [3.63, 3.8) is 0 Å². The largest absolute Gasteiger partial charge is 0.355 e. The SMILES string of the molecule is CN=C(NCC(C)(C)c1cccs1)N1CCN(c2cnn(C)c2)C(=O)C1.I. The van der Waals surface area contributed by atoms with Crippen molar-refractivity contribution in [3.8, 4) is 0 Å². The van der Waals surface area contributed by atoms with Crippen LogP contribution in [0.4, 0.5) is 5.69 Å². The molecule has 0 radical (unpaired) electrons. The summed E-state index contributed by atoms with van der Waals surface area (Å²) < 4.78 is 1.71. The second kappa shape index (κ2) is 9.05. The summed E-state index contributed by atoms with van der Waals surface area (Å²) in [6, 6.07) is 4.23. The number of aryl methyl sites for hydroxylation is 1. The Labute approximate surface area is 181 Å². The highest BCUT2D eigenvalue weighted by Gasteiger charge is 2.29. The maximum Gasteiger partial charge on any atom is 0.246 e. The van der Waals surface area contributed by atoms with Gasteiger partial charge in [-0.25, -0.2) is 0 Å². The number of nitrogens with one attached hydrogen (secondary N) is 1. The molecule has 1 saturated heterocycles. The molecule has 3 rings (SSSR count). The lowest BCUT2D eigenvalue weighted by Crippen LogP contribution is -2.56. The van der Waals surface area contributed by atoms with Gasteiger partial charge in [-0.3, -0.25) is 14.5 Å². The minimum Gasteiger partial charge on any atom is -0.355 e. The zero-order chi connectivity index (χ0) is 18.7. The molecule has 0 bridgehead atoms. The Morgan fingerprint density at radius 1 is 1.41 bits per heavy atom. The van der Waals surface area contributed by atoms with Crippen LogP contribution in [0.25, 0.3) is 0 Å². The number of aliphatic imine (C=N–C) groups is 1. The minimum absolute atomic E-state index is 0. The van der Waals surface area contributed by atoms with Gasteiger partial charge in [0.1, 0.15) is 6.54 Å². The van der Waals surface area contributed by atoms with Crippen LogP contribution in [0.1, 0.15) is 18.7 Å². The number of thiophene rings is 1. The monoisotopic (exact) mass is 502 g/mol. The fraction of sp³-hybridized carbons (Fsp3) is 0.500. The molecule has 1 fully saturated rings. The van der Waals surface area contributed by atoms with Crippen LogP contribution in [0.2, 0.25) is 0 Å². The van der Waals surface area contributed by atoms with Gasteiger partial charge in [-0.15, -0.1) is 35.3 Å². The van der Waals surface area contributed by atoms with Crippen molar-refractivity contribution < 1.29 is 4.79 Å². The first-order valence-corrected chi connectivity index (χ1v) is 9.57. The van der Waals surface area contributed by atoms with Crippen molar-refractivity contribution in [1.29, 1.82) is 0 Å². The first-order chi connectivity index (χ1) is 12.4. The van der Waals surface area contributed by atoms with Crippen LogP contribution in [0.15, 0.2) is 34.9 Å². The standard InChI is InChI=1S/C18H26N6OS.HI/c1-18(2,15-6-5-9-26-15)13-20-17(19-3)23-7-8-24(16(25)12-23)14-10-21-22(4)11-14;/h5-6,9-11H,7-8,12-13H2,1-4H3,(H,19,20);1H. The maximum atomic E-state index is 12.6. The van der Waals surface area contributed by atoms with Gasteiger partial charge in [0.05, 0.1) is 11.9 Å². The number of nitrogens with zero attached hydrogens (tertiary/aromatic N) is 5. The molecule has 1 aliphatic heterocycles. The second-order valence-corrected chi connectivity index (χ2v) is 8.05. The lowest BCUT2D eigenvalue weighted by atomic mass is 9.91. The predicted octanol–water partition coefficient (Wildman–Crippen LogP) is 2.30. The Bertz CT molecular complexity index is 786. The number of carbonyl (C=O) groups excluding carboxylic acids is 1. The number of halogens is 1. The summed E-state index contributed by atoms with van der Waals surface area (Å²) in [6.45, 7) is 6.86. The van der Waals surface area contributed by atoms with Gasteiger partial charge < -0.3 is 15.1 Å². The van der Waals surface area contributed by atoms with E-state index in [1.807, 2.05) is 18.1 Å². The summed E-state index contributed by atoms with van der Waals surface area (Å²) >= 11 is 1.76. The minimum atomic E-state index is 0. The van der Waals surface area contributed by atoms with E-state index in [0.29, 0.717) is 13.1 Å². The van der Waals surface area contributed by atoms with E-state index >= 15 is 0 Å². The van der Waals surface area contributed by atoms with E-state index in [4.69, 9.17) is 0 Å². The highest BCUT2D eigenvalue weighted by Crippen LogP contribution is 2.26. The van der Waals surface area contributed by atoms with Crippen molar-refractivity contribution in [2.24, 2.45) is 12.0 Å². The summed E-state index contributed by atoms with van der Waals surface area (Å²) in [5.74, 6) is 0.832. The predicted molar refractivity (Wildman–Crippen MR) is 121 cm³/mol. The second-order valence-electron chi connectivity index (χ2n) is 7.10. The fourth-order valence-corrected chi connectivity index (χ4v) is 3.91. The number of rotatable bonds is 4. The molecule has 0 unspecified atom stereocenters. The van der Waals surface area contributed by atoms with Gasteiger partial charge in [-0.05, 0) is 11.4 Å². The van der Waals surface area contributed by atoms with E-state index in [9.17, 15) is 4.79 Å². The molecule has 7 nitrogen and oxygen atoms in total. The van der Waals surface area contributed by atoms with Crippen LogP contribution >= 0.6 is 35.3 Å². The van der Waals surface area contributed by atoms with Gasteiger partial charge in [-0.2, -0.15) is 5.10 Å². The molecule has 9 heteroatoms. The summed E-state index contributed by atoms with van der Waals surface area (Å²) in [5, 5.41) is 9.69. The normalized spacial score (nSPS) is 15.7. The Morgan fingerprint density at radius 3 is 2.74 bits per heavy atom. The first-order valence-electron chi connectivity index (χ1n) is 8.69. The number of hydrogen-bond acceptors (Lipinski definition) is 4. The van der Waals surface area contributed by atoms with Crippen LogP contribution in [0, 0.1) is 0 Å². The summed E-state index contributed by atoms with van der Waals surface area (Å²) in [4.78, 5) is 22.1. The zero-order valence-electron chi connectivity index (χ0n) is 16.2. The van der Waals surface area contributed by atoms with Crippen LogP contribution in [-0.2, 0) is 17.3 Å². The number of aromatic nitrogens is 2. The fourth-order valence-electron chi connectivity index (χ4n) is 3.06. The summed E-state index contributed by atoms with van der Waals surface area (Å²) in [5.41, 5.74) is 0.852. The third-order valence-electron chi connectivity index (χ3n) is 4.61. The van der Waals surface area contributed by atoms with Crippen LogP contribution in [0.5, 0.6) is 0 Å². The molecule has 2 aromatic heterocycles. The maximum absolute atomic E-state index is 12.6. The Kier molecular flexibility index (Phi) is 7.26. The first kappa shape index (κ1) is 21.7. The van der Waals surface area contributed by atoms with Crippen molar-refractivity contribution in [2.45, 2.75) is 19.3 Å². The van der Waals surface area contributed by atoms with Crippen molar-refractivity contribution in [2.75, 3.05) is 38.1 Å². The number of anilines is 1. The topological polar surface area (TPSA) is 65.8 Å². The number of hydrogen-bond donors (Lipinski definition) is 1. The molecule has 1 amide bonds. The molecule has 3 heterocycles. The Hall–Kier alpha value is -1.62. The van der Waals surface area contributed by atoms with E-state index in [1.54, 1.807) is 34.2 Å². The van der Waals surface area contributed by atoms with E-state index in [2.05, 4.69) is 46.8 Å². The van der Waals surface area contributed by atoms with Crippen LogP contribution in [-0.4, -0.2) is 59.8 Å². The van der Waals surface area contributed by atoms with E-state index in [0.717, 1.165) is 24.7 Å². The molecule has 0 atom stereocenters. The average Bonchev–Trinajstić information content (AvgIpc) is 3.27. The number of carbonyl (C=O) groups is 1. The van der Waals surface area contributed by atoms with E-state index < -0.39 is 0 Å². The van der Waals surface area contributed by atoms with Crippen molar-refractivity contribution in [3.05, 3.63) is 34.8 Å².